The summed E-state index contributed by atoms with van der Waals surface area (Å²) in [7, 11) is 0. The molecule has 0 aromatic heterocycles. The number of carbonyl (C=O) groups is 3. The summed E-state index contributed by atoms with van der Waals surface area (Å²) in [6.07, 6.45) is 0.136. The maximum absolute atomic E-state index is 12.6. The van der Waals surface area contributed by atoms with E-state index in [0.717, 1.165) is 16.8 Å². The normalized spacial score (nSPS) is 16.6. The highest BCUT2D eigenvalue weighted by Crippen LogP contribution is 2.27. The number of aryl methyl sites for hydroxylation is 2. The van der Waals surface area contributed by atoms with E-state index in [-0.39, 0.29) is 23.8 Å². The van der Waals surface area contributed by atoms with Crippen LogP contribution in [0.15, 0.2) is 42.5 Å². The number of hydrogen-bond acceptors (Lipinski definition) is 3. The minimum atomic E-state index is -1.05. The molecule has 0 saturated carbocycles. The van der Waals surface area contributed by atoms with Crippen LogP contribution in [0, 0.1) is 19.8 Å². The molecule has 6 nitrogen and oxygen atoms in total. The van der Waals surface area contributed by atoms with Crippen LogP contribution in [0.25, 0.3) is 0 Å². The number of carbonyl (C=O) groups excluding carboxylic acids is 2. The van der Waals surface area contributed by atoms with Gasteiger partial charge < -0.3 is 15.3 Å². The van der Waals surface area contributed by atoms with Crippen LogP contribution in [0.1, 0.15) is 27.9 Å². The summed E-state index contributed by atoms with van der Waals surface area (Å²) in [5, 5.41) is 11.9. The molecule has 6 heteroatoms. The van der Waals surface area contributed by atoms with Gasteiger partial charge in [-0.3, -0.25) is 9.59 Å². The lowest BCUT2D eigenvalue weighted by Crippen LogP contribution is -2.28. The molecular formula is C20H20N2O4. The molecule has 1 unspecified atom stereocenters. The molecule has 0 bridgehead atoms. The number of carboxylic acids is 1. The fraction of sp³-hybridized carbons (Fsp3) is 0.250. The van der Waals surface area contributed by atoms with E-state index < -0.39 is 11.9 Å². The predicted molar refractivity (Wildman–Crippen MR) is 98.4 cm³/mol. The lowest BCUT2D eigenvalue weighted by atomic mass is 10.1. The van der Waals surface area contributed by atoms with E-state index in [0.29, 0.717) is 12.2 Å². The fourth-order valence-electron chi connectivity index (χ4n) is 2.98. The Morgan fingerprint density at radius 1 is 1.12 bits per heavy atom. The van der Waals surface area contributed by atoms with Crippen LogP contribution in [0.3, 0.4) is 0 Å². The quantitative estimate of drug-likeness (QED) is 0.886. The van der Waals surface area contributed by atoms with E-state index in [1.807, 2.05) is 31.2 Å². The molecule has 0 spiro atoms. The van der Waals surface area contributed by atoms with Crippen LogP contribution >= 0.6 is 0 Å². The lowest BCUT2D eigenvalue weighted by Gasteiger charge is -2.17. The molecule has 0 radical (unpaired) electrons. The molecule has 134 valence electrons. The van der Waals surface area contributed by atoms with Gasteiger partial charge in [0.05, 0.1) is 11.5 Å². The molecule has 26 heavy (non-hydrogen) atoms. The van der Waals surface area contributed by atoms with Crippen molar-refractivity contribution in [2.75, 3.05) is 16.8 Å². The average Bonchev–Trinajstić information content (AvgIpc) is 2.99. The minimum absolute atomic E-state index is 0.0926. The van der Waals surface area contributed by atoms with Crippen molar-refractivity contribution >= 4 is 29.2 Å². The van der Waals surface area contributed by atoms with E-state index in [1.54, 1.807) is 17.9 Å². The standard InChI is InChI=1S/C20H20N2O4/c1-12-3-7-16(8-4-12)22-11-15(10-18(22)23)19(24)21-17-9-14(20(25)26)6-5-13(17)2/h3-9,15H,10-11H2,1-2H3,(H,21,24)(H,25,26). The number of benzene rings is 2. The Morgan fingerprint density at radius 3 is 2.46 bits per heavy atom. The van der Waals surface area contributed by atoms with Crippen LogP contribution in [0.4, 0.5) is 11.4 Å². The molecule has 1 atom stereocenters. The summed E-state index contributed by atoms with van der Waals surface area (Å²) in [5.41, 5.74) is 3.21. The zero-order valence-electron chi connectivity index (χ0n) is 14.7. The number of amides is 2. The van der Waals surface area contributed by atoms with Crippen molar-refractivity contribution in [2.45, 2.75) is 20.3 Å². The SMILES string of the molecule is Cc1ccc(N2CC(C(=O)Nc3cc(C(=O)O)ccc3C)CC2=O)cc1. The molecule has 0 aliphatic carbocycles. The fourth-order valence-corrected chi connectivity index (χ4v) is 2.98. The van der Waals surface area contributed by atoms with E-state index in [9.17, 15) is 14.4 Å². The van der Waals surface area contributed by atoms with Crippen molar-refractivity contribution in [1.82, 2.24) is 0 Å². The van der Waals surface area contributed by atoms with Gasteiger partial charge in [-0.05, 0) is 43.7 Å². The van der Waals surface area contributed by atoms with Crippen LogP contribution in [-0.4, -0.2) is 29.4 Å². The summed E-state index contributed by atoms with van der Waals surface area (Å²) in [5.74, 6) is -1.90. The highest BCUT2D eigenvalue weighted by Gasteiger charge is 2.35. The third-order valence-corrected chi connectivity index (χ3v) is 4.58. The molecule has 2 amide bonds. The van der Waals surface area contributed by atoms with Crippen molar-refractivity contribution in [3.05, 3.63) is 59.2 Å². The van der Waals surface area contributed by atoms with Gasteiger partial charge in [-0.2, -0.15) is 0 Å². The summed E-state index contributed by atoms with van der Waals surface area (Å²) >= 11 is 0. The van der Waals surface area contributed by atoms with E-state index >= 15 is 0 Å². The number of carboxylic acid groups (broad SMARTS) is 1. The molecular weight excluding hydrogens is 332 g/mol. The van der Waals surface area contributed by atoms with Crippen molar-refractivity contribution in [3.8, 4) is 0 Å². The van der Waals surface area contributed by atoms with E-state index in [1.165, 1.54) is 12.1 Å². The zero-order chi connectivity index (χ0) is 18.8. The Morgan fingerprint density at radius 2 is 1.81 bits per heavy atom. The number of rotatable bonds is 4. The van der Waals surface area contributed by atoms with Gasteiger partial charge in [0.25, 0.3) is 0 Å². The third kappa shape index (κ3) is 3.59. The first kappa shape index (κ1) is 17.7. The Hall–Kier alpha value is -3.15. The number of aromatic carboxylic acids is 1. The monoisotopic (exact) mass is 352 g/mol. The van der Waals surface area contributed by atoms with Crippen LogP contribution < -0.4 is 10.2 Å². The highest BCUT2D eigenvalue weighted by atomic mass is 16.4. The second-order valence-electron chi connectivity index (χ2n) is 6.57. The van der Waals surface area contributed by atoms with E-state index in [2.05, 4.69) is 5.32 Å². The maximum atomic E-state index is 12.6. The van der Waals surface area contributed by atoms with Crippen molar-refractivity contribution < 1.29 is 19.5 Å². The van der Waals surface area contributed by atoms with Gasteiger partial charge in [0, 0.05) is 24.3 Å². The van der Waals surface area contributed by atoms with Crippen molar-refractivity contribution in [1.29, 1.82) is 0 Å². The predicted octanol–water partition coefficient (Wildman–Crippen LogP) is 2.99. The van der Waals surface area contributed by atoms with E-state index in [4.69, 9.17) is 5.11 Å². The van der Waals surface area contributed by atoms with Crippen LogP contribution in [0.5, 0.6) is 0 Å². The molecule has 2 N–H and O–H groups in total. The third-order valence-electron chi connectivity index (χ3n) is 4.58. The van der Waals surface area contributed by atoms with Crippen LogP contribution in [-0.2, 0) is 9.59 Å². The van der Waals surface area contributed by atoms with Gasteiger partial charge in [0.2, 0.25) is 11.8 Å². The van der Waals surface area contributed by atoms with Crippen molar-refractivity contribution in [3.63, 3.8) is 0 Å². The average molecular weight is 352 g/mol. The van der Waals surface area contributed by atoms with Crippen LogP contribution in [0.2, 0.25) is 0 Å². The van der Waals surface area contributed by atoms with Gasteiger partial charge in [0.15, 0.2) is 0 Å². The van der Waals surface area contributed by atoms with Gasteiger partial charge >= 0.3 is 5.97 Å². The number of anilines is 2. The van der Waals surface area contributed by atoms with Gasteiger partial charge in [-0.15, -0.1) is 0 Å². The largest absolute Gasteiger partial charge is 0.478 e. The Bertz CT molecular complexity index is 874. The van der Waals surface area contributed by atoms with Gasteiger partial charge in [-0.1, -0.05) is 23.8 Å². The molecule has 2 aromatic rings. The summed E-state index contributed by atoms with van der Waals surface area (Å²) < 4.78 is 0. The molecule has 2 aromatic carbocycles. The Labute approximate surface area is 151 Å². The molecule has 1 aliphatic heterocycles. The Kier molecular flexibility index (Phi) is 4.75. The zero-order valence-corrected chi connectivity index (χ0v) is 14.7. The lowest BCUT2D eigenvalue weighted by molar-refractivity contribution is -0.122. The number of nitrogens with zero attached hydrogens (tertiary/aromatic N) is 1. The molecule has 1 heterocycles. The molecule has 3 rings (SSSR count). The topological polar surface area (TPSA) is 86.7 Å². The summed E-state index contributed by atoms with van der Waals surface area (Å²) in [6, 6.07) is 12.2. The second-order valence-corrected chi connectivity index (χ2v) is 6.57. The maximum Gasteiger partial charge on any atom is 0.335 e. The van der Waals surface area contributed by atoms with Crippen molar-refractivity contribution in [2.24, 2.45) is 5.92 Å². The second kappa shape index (κ2) is 7.00. The molecule has 1 fully saturated rings. The summed E-state index contributed by atoms with van der Waals surface area (Å²) in [6.45, 7) is 4.07. The first-order valence-electron chi connectivity index (χ1n) is 8.37. The first-order valence-corrected chi connectivity index (χ1v) is 8.37. The van der Waals surface area contributed by atoms with Gasteiger partial charge in [0.1, 0.15) is 0 Å². The highest BCUT2D eigenvalue weighted by molar-refractivity contribution is 6.04. The minimum Gasteiger partial charge on any atom is -0.478 e. The van der Waals surface area contributed by atoms with Gasteiger partial charge in [-0.25, -0.2) is 4.79 Å². The molecule has 1 aliphatic rings. The number of nitrogens with one attached hydrogen (secondary N) is 1. The smallest absolute Gasteiger partial charge is 0.335 e. The first-order chi connectivity index (χ1) is 12.3. The number of hydrogen-bond donors (Lipinski definition) is 2. The summed E-state index contributed by atoms with van der Waals surface area (Å²) in [4.78, 5) is 37.6. The Balaban J connectivity index is 1.73. The molecule has 1 saturated heterocycles.